The summed E-state index contributed by atoms with van der Waals surface area (Å²) < 4.78 is 46.3. The predicted octanol–water partition coefficient (Wildman–Crippen LogP) is 2.29. The van der Waals surface area contributed by atoms with Crippen molar-refractivity contribution < 1.29 is 27.1 Å². The largest absolute Gasteiger partial charge is 0.418 e. The van der Waals surface area contributed by atoms with Gasteiger partial charge in [-0.3, -0.25) is 9.59 Å². The Morgan fingerprint density at radius 2 is 2.18 bits per heavy atom. The van der Waals surface area contributed by atoms with Crippen molar-refractivity contribution in [3.63, 3.8) is 0 Å². The molecule has 0 bridgehead atoms. The van der Waals surface area contributed by atoms with Gasteiger partial charge in [-0.25, -0.2) is 4.39 Å². The van der Waals surface area contributed by atoms with Gasteiger partial charge in [0.15, 0.2) is 5.06 Å². The molecular formula is C16H15ClFN3O5S2. The fourth-order valence-corrected chi connectivity index (χ4v) is 5.14. The zero-order valence-corrected chi connectivity index (χ0v) is 16.8. The molecule has 8 nitrogen and oxygen atoms in total. The maximum absolute atomic E-state index is 13.3. The Hall–Kier alpha value is -2.05. The monoisotopic (exact) mass is 447 g/mol. The summed E-state index contributed by atoms with van der Waals surface area (Å²) in [7, 11) is -2.64. The van der Waals surface area contributed by atoms with Gasteiger partial charge in [0.2, 0.25) is 5.91 Å². The van der Waals surface area contributed by atoms with Crippen molar-refractivity contribution in [2.24, 2.45) is 0 Å². The molecule has 1 aromatic carbocycles. The Bertz CT molecular complexity index is 1010. The van der Waals surface area contributed by atoms with Crippen molar-refractivity contribution in [2.75, 3.05) is 12.4 Å². The molecule has 12 heteroatoms. The summed E-state index contributed by atoms with van der Waals surface area (Å²) in [6, 6.07) is 5.14. The maximum Gasteiger partial charge on any atom is 0.299 e. The van der Waals surface area contributed by atoms with E-state index in [4.69, 9.17) is 16.3 Å². The van der Waals surface area contributed by atoms with E-state index in [2.05, 4.69) is 10.0 Å². The van der Waals surface area contributed by atoms with Crippen LogP contribution in [0.2, 0.25) is 5.02 Å². The molecule has 2 atom stereocenters. The van der Waals surface area contributed by atoms with E-state index >= 15 is 0 Å². The van der Waals surface area contributed by atoms with E-state index in [1.807, 2.05) is 0 Å². The third-order valence-corrected chi connectivity index (χ3v) is 7.14. The van der Waals surface area contributed by atoms with Gasteiger partial charge < -0.3 is 10.1 Å². The van der Waals surface area contributed by atoms with Gasteiger partial charge >= 0.3 is 0 Å². The summed E-state index contributed by atoms with van der Waals surface area (Å²) >= 11 is 6.81. The Morgan fingerprint density at radius 3 is 2.86 bits per heavy atom. The SMILES string of the molecule is CN1C(C(=O)Nc2ccc(F)c(Cl)c2)CC(c2ccc(OC=O)s2)NS1(=O)=O. The summed E-state index contributed by atoms with van der Waals surface area (Å²) in [4.78, 5) is 23.7. The number of likely N-dealkylation sites (N-methyl/N-ethyl adjacent to an activating group) is 1. The first-order chi connectivity index (χ1) is 13.2. The summed E-state index contributed by atoms with van der Waals surface area (Å²) in [5.41, 5.74) is 0.245. The van der Waals surface area contributed by atoms with Gasteiger partial charge in [-0.2, -0.15) is 17.4 Å². The van der Waals surface area contributed by atoms with Gasteiger partial charge in [0.1, 0.15) is 11.9 Å². The second-order valence-electron chi connectivity index (χ2n) is 5.93. The highest BCUT2D eigenvalue weighted by molar-refractivity contribution is 7.87. The second kappa shape index (κ2) is 8.13. The molecule has 1 saturated heterocycles. The van der Waals surface area contributed by atoms with Crippen LogP contribution in [-0.4, -0.2) is 38.2 Å². The smallest absolute Gasteiger partial charge is 0.299 e. The van der Waals surface area contributed by atoms with Crippen LogP contribution >= 0.6 is 22.9 Å². The molecule has 0 aliphatic carbocycles. The van der Waals surface area contributed by atoms with Crippen LogP contribution in [0.4, 0.5) is 10.1 Å². The molecule has 1 aliphatic rings. The molecule has 1 aromatic heterocycles. The first kappa shape index (κ1) is 20.7. The molecule has 2 heterocycles. The number of rotatable bonds is 5. The normalized spacial score (nSPS) is 21.8. The van der Waals surface area contributed by atoms with Gasteiger partial charge in [0.25, 0.3) is 16.7 Å². The lowest BCUT2D eigenvalue weighted by molar-refractivity contribution is -0.121. The Kier molecular flexibility index (Phi) is 6.01. The van der Waals surface area contributed by atoms with E-state index in [-0.39, 0.29) is 23.6 Å². The topological polar surface area (TPSA) is 105 Å². The van der Waals surface area contributed by atoms with Crippen molar-refractivity contribution in [3.05, 3.63) is 46.0 Å². The fraction of sp³-hybridized carbons (Fsp3) is 0.250. The highest BCUT2D eigenvalue weighted by atomic mass is 35.5. The summed E-state index contributed by atoms with van der Waals surface area (Å²) in [5, 5.41) is 2.70. The zero-order chi connectivity index (χ0) is 20.5. The van der Waals surface area contributed by atoms with Crippen LogP contribution in [0, 0.1) is 5.82 Å². The predicted molar refractivity (Wildman–Crippen MR) is 102 cm³/mol. The molecule has 28 heavy (non-hydrogen) atoms. The molecule has 0 spiro atoms. The van der Waals surface area contributed by atoms with E-state index < -0.39 is 34.0 Å². The van der Waals surface area contributed by atoms with Crippen LogP contribution in [-0.2, 0) is 19.8 Å². The van der Waals surface area contributed by atoms with E-state index in [0.717, 1.165) is 21.7 Å². The average molecular weight is 448 g/mol. The lowest BCUT2D eigenvalue weighted by atomic mass is 10.1. The van der Waals surface area contributed by atoms with Crippen molar-refractivity contribution >= 4 is 51.2 Å². The van der Waals surface area contributed by atoms with E-state index in [1.54, 1.807) is 6.07 Å². The molecule has 1 amide bonds. The molecule has 2 N–H and O–H groups in total. The first-order valence-electron chi connectivity index (χ1n) is 7.92. The molecular weight excluding hydrogens is 433 g/mol. The second-order valence-corrected chi connectivity index (χ2v) is 9.18. The highest BCUT2D eigenvalue weighted by Gasteiger charge is 2.41. The summed E-state index contributed by atoms with van der Waals surface area (Å²) in [6.07, 6.45) is 0.136. The van der Waals surface area contributed by atoms with Crippen LogP contribution in [0.5, 0.6) is 5.06 Å². The van der Waals surface area contributed by atoms with Crippen molar-refractivity contribution in [1.29, 1.82) is 0 Å². The lowest BCUT2D eigenvalue weighted by Gasteiger charge is -2.35. The average Bonchev–Trinajstić information content (AvgIpc) is 3.09. The standard InChI is InChI=1S/C16H15ClFN3O5S2/c1-21-13(16(23)19-9-2-3-11(18)10(17)6-9)7-12(20-28(21,24)25)14-4-5-15(27-14)26-8-22/h2-6,8,12-13,20H,7H2,1H3,(H,19,23). The molecule has 0 radical (unpaired) electrons. The summed E-state index contributed by atoms with van der Waals surface area (Å²) in [6.45, 7) is 0.276. The first-order valence-corrected chi connectivity index (χ1v) is 10.6. The van der Waals surface area contributed by atoms with Gasteiger partial charge in [0, 0.05) is 17.6 Å². The minimum atomic E-state index is -3.93. The third kappa shape index (κ3) is 4.33. The quantitative estimate of drug-likeness (QED) is 0.684. The highest BCUT2D eigenvalue weighted by Crippen LogP contribution is 2.35. The van der Waals surface area contributed by atoms with E-state index in [0.29, 0.717) is 9.94 Å². The fourth-order valence-electron chi connectivity index (χ4n) is 2.73. The van der Waals surface area contributed by atoms with Crippen LogP contribution < -0.4 is 14.8 Å². The third-order valence-electron chi connectivity index (χ3n) is 4.17. The number of nitrogens with zero attached hydrogens (tertiary/aromatic N) is 1. The Balaban J connectivity index is 1.82. The number of hydrogen-bond donors (Lipinski definition) is 2. The number of nitrogens with one attached hydrogen (secondary N) is 2. The molecule has 150 valence electrons. The number of thiophene rings is 1. The van der Waals surface area contributed by atoms with Crippen molar-refractivity contribution in [3.8, 4) is 5.06 Å². The number of benzene rings is 1. The maximum atomic E-state index is 13.3. The van der Waals surface area contributed by atoms with Crippen molar-refractivity contribution in [2.45, 2.75) is 18.5 Å². The minimum Gasteiger partial charge on any atom is -0.418 e. The minimum absolute atomic E-state index is 0.136. The van der Waals surface area contributed by atoms with Crippen molar-refractivity contribution in [1.82, 2.24) is 9.03 Å². The number of carbonyl (C=O) groups excluding carboxylic acids is 2. The van der Waals surface area contributed by atoms with Crippen LogP contribution in [0.3, 0.4) is 0 Å². The number of anilines is 1. The molecule has 1 aliphatic heterocycles. The van der Waals surface area contributed by atoms with Gasteiger partial charge in [-0.05, 0) is 36.8 Å². The van der Waals surface area contributed by atoms with Gasteiger partial charge in [-0.15, -0.1) is 11.3 Å². The van der Waals surface area contributed by atoms with E-state index in [1.165, 1.54) is 25.2 Å². The van der Waals surface area contributed by atoms with Crippen LogP contribution in [0.25, 0.3) is 0 Å². The molecule has 2 aromatic rings. The zero-order valence-electron chi connectivity index (χ0n) is 14.4. The molecule has 2 unspecified atom stereocenters. The molecule has 1 fully saturated rings. The number of halogens is 2. The number of ether oxygens (including phenoxy) is 1. The Labute approximate surface area is 169 Å². The van der Waals surface area contributed by atoms with Gasteiger partial charge in [-0.1, -0.05) is 11.6 Å². The number of carbonyl (C=O) groups is 2. The van der Waals surface area contributed by atoms with Gasteiger partial charge in [0.05, 0.1) is 11.1 Å². The Morgan fingerprint density at radius 1 is 1.43 bits per heavy atom. The van der Waals surface area contributed by atoms with Crippen LogP contribution in [0.1, 0.15) is 17.3 Å². The number of hydrogen-bond acceptors (Lipinski definition) is 6. The number of amides is 1. The lowest BCUT2D eigenvalue weighted by Crippen LogP contribution is -2.55. The van der Waals surface area contributed by atoms with E-state index in [9.17, 15) is 22.4 Å². The molecule has 0 saturated carbocycles. The molecule has 3 rings (SSSR count). The van der Waals surface area contributed by atoms with Crippen LogP contribution in [0.15, 0.2) is 30.3 Å². The summed E-state index contributed by atoms with van der Waals surface area (Å²) in [5.74, 6) is -1.21.